The van der Waals surface area contributed by atoms with E-state index in [0.29, 0.717) is 5.02 Å². The maximum absolute atomic E-state index is 11.9. The van der Waals surface area contributed by atoms with E-state index in [1.807, 2.05) is 0 Å². The number of nitrogens with zero attached hydrogens (tertiary/aromatic N) is 2. The van der Waals surface area contributed by atoms with E-state index in [2.05, 4.69) is 10.3 Å². The number of nitro groups is 1. The molecule has 7 nitrogen and oxygen atoms in total. The van der Waals surface area contributed by atoms with Crippen molar-refractivity contribution in [1.29, 1.82) is 0 Å². The van der Waals surface area contributed by atoms with Gasteiger partial charge in [-0.3, -0.25) is 14.9 Å². The normalized spacial score (nSPS) is 10.1. The summed E-state index contributed by atoms with van der Waals surface area (Å²) in [5, 5.41) is 22.9. The van der Waals surface area contributed by atoms with Crippen LogP contribution in [0.5, 0.6) is 5.75 Å². The number of phenols is 1. The van der Waals surface area contributed by atoms with Crippen LogP contribution in [0.15, 0.2) is 36.5 Å². The van der Waals surface area contributed by atoms with E-state index in [0.717, 1.165) is 12.1 Å². The lowest BCUT2D eigenvalue weighted by Crippen LogP contribution is -2.12. The molecule has 0 spiro atoms. The second kappa shape index (κ2) is 5.54. The van der Waals surface area contributed by atoms with Gasteiger partial charge in [-0.2, -0.15) is 0 Å². The first kappa shape index (κ1) is 13.8. The van der Waals surface area contributed by atoms with Crippen LogP contribution in [0.2, 0.25) is 5.02 Å². The van der Waals surface area contributed by atoms with Gasteiger partial charge in [-0.1, -0.05) is 11.6 Å². The molecular weight excluding hydrogens is 286 g/mol. The Morgan fingerprint density at radius 2 is 2.10 bits per heavy atom. The van der Waals surface area contributed by atoms with E-state index >= 15 is 0 Å². The Morgan fingerprint density at radius 3 is 2.65 bits per heavy atom. The van der Waals surface area contributed by atoms with Gasteiger partial charge in [-0.25, -0.2) is 4.98 Å². The molecule has 1 heterocycles. The van der Waals surface area contributed by atoms with Crippen LogP contribution in [0.4, 0.5) is 11.5 Å². The third-order valence-electron chi connectivity index (χ3n) is 2.40. The quantitative estimate of drug-likeness (QED) is 0.668. The minimum atomic E-state index is -0.738. The fraction of sp³-hybridized carbons (Fsp3) is 0. The Bertz CT molecular complexity index is 673. The van der Waals surface area contributed by atoms with Crippen LogP contribution in [-0.4, -0.2) is 20.9 Å². The van der Waals surface area contributed by atoms with Gasteiger partial charge in [0, 0.05) is 17.8 Å². The van der Waals surface area contributed by atoms with Gasteiger partial charge in [0.1, 0.15) is 5.82 Å². The third-order valence-corrected chi connectivity index (χ3v) is 2.63. The fourth-order valence-electron chi connectivity index (χ4n) is 1.46. The Morgan fingerprint density at radius 1 is 1.35 bits per heavy atom. The highest BCUT2D eigenvalue weighted by Crippen LogP contribution is 2.26. The number of halogens is 1. The summed E-state index contributed by atoms with van der Waals surface area (Å²) in [5.41, 5.74) is -0.393. The number of carbonyl (C=O) groups excluding carboxylic acids is 1. The van der Waals surface area contributed by atoms with Crippen LogP contribution in [0.3, 0.4) is 0 Å². The molecule has 1 aromatic heterocycles. The van der Waals surface area contributed by atoms with E-state index in [-0.39, 0.29) is 11.4 Å². The number of nitrogens with one attached hydrogen (secondary N) is 1. The number of nitro benzene ring substituents is 1. The van der Waals surface area contributed by atoms with Crippen molar-refractivity contribution in [2.24, 2.45) is 0 Å². The van der Waals surface area contributed by atoms with E-state index in [1.54, 1.807) is 6.07 Å². The number of rotatable bonds is 3. The Kier molecular flexibility index (Phi) is 3.81. The van der Waals surface area contributed by atoms with Crippen LogP contribution in [0, 0.1) is 10.1 Å². The Hall–Kier alpha value is -2.67. The summed E-state index contributed by atoms with van der Waals surface area (Å²) in [7, 11) is 0. The minimum absolute atomic E-state index is 0.0739. The average molecular weight is 294 g/mol. The van der Waals surface area contributed by atoms with Crippen molar-refractivity contribution in [2.45, 2.75) is 0 Å². The molecule has 0 unspecified atom stereocenters. The summed E-state index contributed by atoms with van der Waals surface area (Å²) in [6, 6.07) is 6.37. The highest BCUT2D eigenvalue weighted by atomic mass is 35.5. The lowest BCUT2D eigenvalue weighted by atomic mass is 10.2. The molecule has 0 aliphatic rings. The van der Waals surface area contributed by atoms with E-state index in [9.17, 15) is 20.0 Å². The Labute approximate surface area is 118 Å². The molecule has 2 rings (SSSR count). The summed E-state index contributed by atoms with van der Waals surface area (Å²) < 4.78 is 0. The molecule has 8 heteroatoms. The van der Waals surface area contributed by atoms with E-state index in [4.69, 9.17) is 11.6 Å². The second-order valence-corrected chi connectivity index (χ2v) is 4.21. The van der Waals surface area contributed by atoms with Crippen molar-refractivity contribution >= 4 is 29.0 Å². The first-order valence-corrected chi connectivity index (χ1v) is 5.75. The molecule has 2 N–H and O–H groups in total. The molecule has 0 atom stereocenters. The first-order valence-electron chi connectivity index (χ1n) is 5.37. The summed E-state index contributed by atoms with van der Waals surface area (Å²) in [6.07, 6.45) is 1.37. The highest BCUT2D eigenvalue weighted by molar-refractivity contribution is 6.30. The van der Waals surface area contributed by atoms with E-state index < -0.39 is 22.3 Å². The number of phenolic OH excluding ortho intramolecular Hbond substituents is 1. The van der Waals surface area contributed by atoms with Crippen molar-refractivity contribution < 1.29 is 14.8 Å². The molecule has 1 aromatic carbocycles. The van der Waals surface area contributed by atoms with Crippen LogP contribution < -0.4 is 5.32 Å². The maximum Gasteiger partial charge on any atom is 0.310 e. The number of anilines is 1. The molecule has 0 radical (unpaired) electrons. The lowest BCUT2D eigenvalue weighted by Gasteiger charge is -2.05. The number of aromatic hydroxyl groups is 1. The predicted molar refractivity (Wildman–Crippen MR) is 72.0 cm³/mol. The zero-order valence-corrected chi connectivity index (χ0v) is 10.7. The van der Waals surface area contributed by atoms with Crippen molar-refractivity contribution in [2.75, 3.05) is 5.32 Å². The smallest absolute Gasteiger partial charge is 0.310 e. The minimum Gasteiger partial charge on any atom is -0.502 e. The van der Waals surface area contributed by atoms with Gasteiger partial charge in [0.25, 0.3) is 5.91 Å². The van der Waals surface area contributed by atoms with Crippen molar-refractivity contribution in [1.82, 2.24) is 4.98 Å². The van der Waals surface area contributed by atoms with Crippen molar-refractivity contribution in [3.05, 3.63) is 57.2 Å². The van der Waals surface area contributed by atoms with Gasteiger partial charge in [0.15, 0.2) is 5.75 Å². The number of carbonyl (C=O) groups is 1. The largest absolute Gasteiger partial charge is 0.502 e. The highest BCUT2D eigenvalue weighted by Gasteiger charge is 2.16. The molecule has 102 valence electrons. The zero-order valence-electron chi connectivity index (χ0n) is 9.91. The molecule has 0 fully saturated rings. The fourth-order valence-corrected chi connectivity index (χ4v) is 1.57. The maximum atomic E-state index is 11.9. The molecular formula is C12H8ClN3O4. The number of benzene rings is 1. The molecule has 20 heavy (non-hydrogen) atoms. The second-order valence-electron chi connectivity index (χ2n) is 3.78. The van der Waals surface area contributed by atoms with Crippen LogP contribution >= 0.6 is 11.6 Å². The summed E-state index contributed by atoms with van der Waals surface area (Å²) in [5.74, 6) is -0.853. The molecule has 0 saturated carbocycles. The molecule has 1 amide bonds. The average Bonchev–Trinajstić information content (AvgIpc) is 2.40. The zero-order chi connectivity index (χ0) is 14.7. The number of pyridine rings is 1. The monoisotopic (exact) mass is 293 g/mol. The molecule has 2 aromatic rings. The number of amides is 1. The first-order chi connectivity index (χ1) is 9.47. The lowest BCUT2D eigenvalue weighted by molar-refractivity contribution is -0.385. The summed E-state index contributed by atoms with van der Waals surface area (Å²) in [6.45, 7) is 0. The van der Waals surface area contributed by atoms with Crippen LogP contribution in [0.1, 0.15) is 10.4 Å². The SMILES string of the molecule is O=C(Nc1ccc(Cl)cn1)c1ccc([N+](=O)[O-])c(O)c1. The van der Waals surface area contributed by atoms with Crippen LogP contribution in [0.25, 0.3) is 0 Å². The number of hydrogen-bond acceptors (Lipinski definition) is 5. The molecule has 0 saturated heterocycles. The van der Waals surface area contributed by atoms with Gasteiger partial charge in [0.2, 0.25) is 0 Å². The van der Waals surface area contributed by atoms with Gasteiger partial charge in [-0.15, -0.1) is 0 Å². The van der Waals surface area contributed by atoms with Crippen LogP contribution in [-0.2, 0) is 0 Å². The van der Waals surface area contributed by atoms with Crippen molar-refractivity contribution in [3.8, 4) is 5.75 Å². The van der Waals surface area contributed by atoms with Gasteiger partial charge >= 0.3 is 5.69 Å². The van der Waals surface area contributed by atoms with Gasteiger partial charge < -0.3 is 10.4 Å². The molecule has 0 aliphatic heterocycles. The predicted octanol–water partition coefficient (Wildman–Crippen LogP) is 2.60. The van der Waals surface area contributed by atoms with Gasteiger partial charge in [-0.05, 0) is 24.3 Å². The topological polar surface area (TPSA) is 105 Å². The summed E-state index contributed by atoms with van der Waals surface area (Å²) in [4.78, 5) is 25.6. The molecule has 0 bridgehead atoms. The van der Waals surface area contributed by atoms with E-state index in [1.165, 1.54) is 18.3 Å². The third kappa shape index (κ3) is 3.01. The van der Waals surface area contributed by atoms with Gasteiger partial charge in [0.05, 0.1) is 9.95 Å². The standard InChI is InChI=1S/C12H8ClN3O4/c13-8-2-4-11(14-6-8)15-12(18)7-1-3-9(16(19)20)10(17)5-7/h1-6,17H,(H,14,15,18). The molecule has 0 aliphatic carbocycles. The van der Waals surface area contributed by atoms with Crippen molar-refractivity contribution in [3.63, 3.8) is 0 Å². The number of hydrogen-bond donors (Lipinski definition) is 2. The summed E-state index contributed by atoms with van der Waals surface area (Å²) >= 11 is 5.66. The number of aromatic nitrogens is 1. The Balaban J connectivity index is 2.19.